The van der Waals surface area contributed by atoms with Crippen LogP contribution in [0.3, 0.4) is 0 Å². The average Bonchev–Trinajstić information content (AvgIpc) is 3.40. The Labute approximate surface area is 165 Å². The minimum absolute atomic E-state index is 0.669. The maximum atomic E-state index is 5.35. The fraction of sp³-hybridized carbons (Fsp3) is 0.263. The minimum atomic E-state index is 0.669. The predicted octanol–water partition coefficient (Wildman–Crippen LogP) is 4.72. The molecule has 0 atom stereocenters. The van der Waals surface area contributed by atoms with Crippen LogP contribution in [-0.4, -0.2) is 30.7 Å². The second-order valence-corrected chi connectivity index (χ2v) is 8.22. The molecule has 0 bridgehead atoms. The molecule has 3 aromatic heterocycles. The van der Waals surface area contributed by atoms with Crippen LogP contribution in [0.2, 0.25) is 0 Å². The van der Waals surface area contributed by atoms with E-state index < -0.39 is 0 Å². The van der Waals surface area contributed by atoms with Gasteiger partial charge in [-0.25, -0.2) is 0 Å². The first-order chi connectivity index (χ1) is 13.2. The highest BCUT2D eigenvalue weighted by Crippen LogP contribution is 2.24. The van der Waals surface area contributed by atoms with Crippen LogP contribution in [0.5, 0.6) is 0 Å². The Morgan fingerprint density at radius 1 is 1.22 bits per heavy atom. The number of aromatic nitrogens is 5. The second kappa shape index (κ2) is 8.06. The summed E-state index contributed by atoms with van der Waals surface area (Å²) in [5, 5.41) is 15.3. The summed E-state index contributed by atoms with van der Waals surface area (Å²) in [4.78, 5) is 5.49. The molecule has 0 radical (unpaired) electrons. The Morgan fingerprint density at radius 2 is 2.15 bits per heavy atom. The van der Waals surface area contributed by atoms with E-state index in [1.807, 2.05) is 22.1 Å². The van der Waals surface area contributed by atoms with E-state index in [1.165, 1.54) is 11.1 Å². The van der Waals surface area contributed by atoms with Crippen LogP contribution in [0.1, 0.15) is 23.4 Å². The lowest BCUT2D eigenvalue weighted by molar-refractivity contribution is 0.378. The summed E-state index contributed by atoms with van der Waals surface area (Å²) in [7, 11) is 0. The zero-order valence-electron chi connectivity index (χ0n) is 15.1. The zero-order chi connectivity index (χ0) is 18.6. The molecule has 0 fully saturated rings. The van der Waals surface area contributed by atoms with Crippen LogP contribution >= 0.6 is 23.1 Å². The maximum absolute atomic E-state index is 5.35. The van der Waals surface area contributed by atoms with Crippen molar-refractivity contribution >= 4 is 23.1 Å². The van der Waals surface area contributed by atoms with E-state index in [0.29, 0.717) is 11.7 Å². The van der Waals surface area contributed by atoms with E-state index in [4.69, 9.17) is 4.52 Å². The lowest BCUT2D eigenvalue weighted by Crippen LogP contribution is -1.99. The largest absolute Gasteiger partial charge is 0.339 e. The first kappa shape index (κ1) is 17.9. The van der Waals surface area contributed by atoms with Crippen LogP contribution in [0.4, 0.5) is 0 Å². The summed E-state index contributed by atoms with van der Waals surface area (Å²) in [5.41, 5.74) is 3.58. The van der Waals surface area contributed by atoms with E-state index in [-0.39, 0.29) is 0 Å². The lowest BCUT2D eigenvalue weighted by atomic mass is 10.1. The molecule has 3 heterocycles. The zero-order valence-corrected chi connectivity index (χ0v) is 16.8. The monoisotopic (exact) mass is 397 g/mol. The highest BCUT2D eigenvalue weighted by molar-refractivity contribution is 7.99. The van der Waals surface area contributed by atoms with E-state index in [1.54, 1.807) is 29.4 Å². The molecule has 6 nitrogen and oxygen atoms in total. The van der Waals surface area contributed by atoms with Gasteiger partial charge in [-0.05, 0) is 43.3 Å². The van der Waals surface area contributed by atoms with Crippen molar-refractivity contribution in [2.45, 2.75) is 31.8 Å². The standard InChI is InChI=1S/C19H19N5OS2/c1-13-7-8-15(14(2)11-13)24-12-20-22-19(24)27-10-4-6-17-21-18(23-25-17)16-5-3-9-26-16/h3,5,7-9,11-12H,4,6,10H2,1-2H3. The third-order valence-corrected chi connectivity index (χ3v) is 6.00. The van der Waals surface area contributed by atoms with Crippen molar-refractivity contribution in [2.75, 3.05) is 5.75 Å². The smallest absolute Gasteiger partial charge is 0.227 e. The Balaban J connectivity index is 1.35. The van der Waals surface area contributed by atoms with Crippen LogP contribution in [0.25, 0.3) is 16.4 Å². The molecule has 0 amide bonds. The molecule has 0 N–H and O–H groups in total. The van der Waals surface area contributed by atoms with Gasteiger partial charge in [0.1, 0.15) is 6.33 Å². The van der Waals surface area contributed by atoms with Gasteiger partial charge in [0.15, 0.2) is 5.16 Å². The number of hydrogen-bond donors (Lipinski definition) is 0. The molecule has 4 aromatic rings. The molecule has 0 saturated heterocycles. The highest BCUT2D eigenvalue weighted by atomic mass is 32.2. The first-order valence-electron chi connectivity index (χ1n) is 8.67. The van der Waals surface area contributed by atoms with Crippen molar-refractivity contribution in [2.24, 2.45) is 0 Å². The molecule has 4 rings (SSSR count). The van der Waals surface area contributed by atoms with Gasteiger partial charge < -0.3 is 4.52 Å². The Hall–Kier alpha value is -2.45. The van der Waals surface area contributed by atoms with Crippen LogP contribution < -0.4 is 0 Å². The lowest BCUT2D eigenvalue weighted by Gasteiger charge is -2.09. The van der Waals surface area contributed by atoms with Gasteiger partial charge in [0.2, 0.25) is 11.7 Å². The van der Waals surface area contributed by atoms with Crippen molar-refractivity contribution in [3.05, 3.63) is 59.1 Å². The van der Waals surface area contributed by atoms with Crippen molar-refractivity contribution in [1.82, 2.24) is 24.9 Å². The van der Waals surface area contributed by atoms with Gasteiger partial charge in [0.25, 0.3) is 0 Å². The molecule has 0 saturated carbocycles. The van der Waals surface area contributed by atoms with Crippen LogP contribution in [-0.2, 0) is 6.42 Å². The van der Waals surface area contributed by atoms with Gasteiger partial charge in [-0.1, -0.05) is 40.7 Å². The van der Waals surface area contributed by atoms with E-state index in [9.17, 15) is 0 Å². The maximum Gasteiger partial charge on any atom is 0.227 e. The molecule has 0 aliphatic carbocycles. The third kappa shape index (κ3) is 4.12. The molecule has 0 unspecified atom stereocenters. The fourth-order valence-corrected chi connectivity index (χ4v) is 4.32. The fourth-order valence-electron chi connectivity index (χ4n) is 2.81. The normalized spacial score (nSPS) is 11.2. The third-order valence-electron chi connectivity index (χ3n) is 4.10. The van der Waals surface area contributed by atoms with Crippen molar-refractivity contribution < 1.29 is 4.52 Å². The van der Waals surface area contributed by atoms with Gasteiger partial charge in [0.05, 0.1) is 10.6 Å². The molecule has 138 valence electrons. The number of hydrogen-bond acceptors (Lipinski definition) is 7. The molecular weight excluding hydrogens is 378 g/mol. The van der Waals surface area contributed by atoms with Crippen LogP contribution in [0.15, 0.2) is 51.7 Å². The summed E-state index contributed by atoms with van der Waals surface area (Å²) >= 11 is 3.30. The summed E-state index contributed by atoms with van der Waals surface area (Å²) in [6.07, 6.45) is 3.45. The van der Waals surface area contributed by atoms with Gasteiger partial charge >= 0.3 is 0 Å². The van der Waals surface area contributed by atoms with E-state index in [2.05, 4.69) is 52.4 Å². The quantitative estimate of drug-likeness (QED) is 0.332. The Kier molecular flexibility index (Phi) is 5.35. The summed E-state index contributed by atoms with van der Waals surface area (Å²) in [5.74, 6) is 2.25. The molecule has 0 aliphatic heterocycles. The molecular formula is C19H19N5OS2. The highest BCUT2D eigenvalue weighted by Gasteiger charge is 2.11. The molecule has 8 heteroatoms. The number of rotatable bonds is 7. The van der Waals surface area contributed by atoms with Gasteiger partial charge in [-0.2, -0.15) is 4.98 Å². The van der Waals surface area contributed by atoms with Gasteiger partial charge in [-0.15, -0.1) is 21.5 Å². The minimum Gasteiger partial charge on any atom is -0.339 e. The summed E-state index contributed by atoms with van der Waals surface area (Å²) in [6.45, 7) is 4.21. The second-order valence-electron chi connectivity index (χ2n) is 6.21. The Bertz CT molecular complexity index is 1020. The average molecular weight is 398 g/mol. The predicted molar refractivity (Wildman–Crippen MR) is 107 cm³/mol. The van der Waals surface area contributed by atoms with Crippen molar-refractivity contribution in [3.8, 4) is 16.4 Å². The molecule has 0 spiro atoms. The molecule has 0 aliphatic rings. The number of nitrogens with zero attached hydrogens (tertiary/aromatic N) is 5. The molecule has 1 aromatic carbocycles. The SMILES string of the molecule is Cc1ccc(-n2cnnc2SCCCc2nc(-c3cccs3)no2)c(C)c1. The number of aryl methyl sites for hydroxylation is 3. The summed E-state index contributed by atoms with van der Waals surface area (Å²) in [6, 6.07) is 10.4. The number of thiophene rings is 1. The first-order valence-corrected chi connectivity index (χ1v) is 10.5. The number of benzene rings is 1. The summed E-state index contributed by atoms with van der Waals surface area (Å²) < 4.78 is 7.39. The topological polar surface area (TPSA) is 69.6 Å². The molecule has 27 heavy (non-hydrogen) atoms. The Morgan fingerprint density at radius 3 is 2.96 bits per heavy atom. The number of thioether (sulfide) groups is 1. The van der Waals surface area contributed by atoms with Crippen molar-refractivity contribution in [3.63, 3.8) is 0 Å². The van der Waals surface area contributed by atoms with E-state index in [0.717, 1.165) is 34.3 Å². The van der Waals surface area contributed by atoms with Gasteiger partial charge in [-0.3, -0.25) is 4.57 Å². The van der Waals surface area contributed by atoms with Crippen molar-refractivity contribution in [1.29, 1.82) is 0 Å². The van der Waals surface area contributed by atoms with E-state index >= 15 is 0 Å². The van der Waals surface area contributed by atoms with Gasteiger partial charge in [0, 0.05) is 12.2 Å². The van der Waals surface area contributed by atoms with Crippen LogP contribution in [0, 0.1) is 13.8 Å².